The van der Waals surface area contributed by atoms with Crippen molar-refractivity contribution in [1.29, 1.82) is 0 Å². The van der Waals surface area contributed by atoms with Gasteiger partial charge in [-0.1, -0.05) is 17.7 Å². The summed E-state index contributed by atoms with van der Waals surface area (Å²) in [5, 5.41) is 14.5. The number of benzene rings is 1. The quantitative estimate of drug-likeness (QED) is 0.280. The number of nitro benzene ring substituents is 1. The molecule has 0 spiro atoms. The molecule has 1 unspecified atom stereocenters. The second-order valence-corrected chi connectivity index (χ2v) is 8.39. The van der Waals surface area contributed by atoms with Crippen LogP contribution in [0.2, 0.25) is 5.02 Å². The van der Waals surface area contributed by atoms with Crippen LogP contribution in [0.4, 0.5) is 11.5 Å². The average Bonchev–Trinajstić information content (AvgIpc) is 2.75. The Labute approximate surface area is 193 Å². The topological polar surface area (TPSA) is 116 Å². The number of anilines is 1. The van der Waals surface area contributed by atoms with Gasteiger partial charge in [0, 0.05) is 49.7 Å². The molecule has 0 bridgehead atoms. The zero-order chi connectivity index (χ0) is 23.7. The fourth-order valence-electron chi connectivity index (χ4n) is 3.95. The van der Waals surface area contributed by atoms with Crippen LogP contribution in [0.25, 0.3) is 0 Å². The van der Waals surface area contributed by atoms with Gasteiger partial charge in [-0.3, -0.25) is 28.8 Å². The van der Waals surface area contributed by atoms with Crippen molar-refractivity contribution in [3.05, 3.63) is 76.6 Å². The maximum atomic E-state index is 13.2. The van der Waals surface area contributed by atoms with Gasteiger partial charge >= 0.3 is 5.69 Å². The molecule has 2 heterocycles. The molecule has 1 aromatic heterocycles. The van der Waals surface area contributed by atoms with Crippen LogP contribution in [-0.2, 0) is 18.9 Å². The lowest BCUT2D eigenvalue weighted by Crippen LogP contribution is -2.43. The molecule has 32 heavy (non-hydrogen) atoms. The third kappa shape index (κ3) is 4.10. The Morgan fingerprint density at radius 2 is 1.91 bits per heavy atom. The summed E-state index contributed by atoms with van der Waals surface area (Å²) in [7, 11) is 2.86. The lowest BCUT2D eigenvalue weighted by atomic mass is 9.79. The Morgan fingerprint density at radius 1 is 1.22 bits per heavy atom. The van der Waals surface area contributed by atoms with E-state index in [1.54, 1.807) is 13.0 Å². The highest BCUT2D eigenvalue weighted by molar-refractivity contribution is 6.32. The summed E-state index contributed by atoms with van der Waals surface area (Å²) in [6, 6.07) is 4.19. The number of hydrogen-bond donors (Lipinski definition) is 1. The Morgan fingerprint density at radius 3 is 2.53 bits per heavy atom. The van der Waals surface area contributed by atoms with Gasteiger partial charge in [0.2, 0.25) is 0 Å². The van der Waals surface area contributed by atoms with Crippen molar-refractivity contribution < 1.29 is 9.72 Å². The SMILES string of the molecule is CC1=C(C(=O)CCCCCl)C(c2ccc(Cl)c([N+](=O)[O-])c2)c2c(n(C)c(=O)n(C)c2=O)N1. The zero-order valence-corrected chi connectivity index (χ0v) is 19.3. The molecule has 0 radical (unpaired) electrons. The number of halogens is 2. The van der Waals surface area contributed by atoms with Crippen molar-refractivity contribution >= 4 is 40.5 Å². The standard InChI is InChI=1S/C21H22Cl2N4O5/c1-11-16(15(28)6-4-5-9-22)17(12-7-8-13(23)14(10-12)27(31)32)18-19(24-11)25(2)21(30)26(3)20(18)29/h7-8,10,17,24H,4-6,9H2,1-3H3. The summed E-state index contributed by atoms with van der Waals surface area (Å²) >= 11 is 11.7. The molecule has 9 nitrogen and oxygen atoms in total. The lowest BCUT2D eigenvalue weighted by Gasteiger charge is -2.31. The summed E-state index contributed by atoms with van der Waals surface area (Å²) in [6.07, 6.45) is 1.41. The summed E-state index contributed by atoms with van der Waals surface area (Å²) in [6.45, 7) is 1.68. The minimum atomic E-state index is -0.906. The molecule has 11 heteroatoms. The predicted molar refractivity (Wildman–Crippen MR) is 123 cm³/mol. The van der Waals surface area contributed by atoms with Gasteiger partial charge in [0.05, 0.1) is 10.5 Å². The van der Waals surface area contributed by atoms with Crippen LogP contribution in [0.1, 0.15) is 43.2 Å². The van der Waals surface area contributed by atoms with E-state index in [0.717, 1.165) is 4.57 Å². The molecule has 0 saturated heterocycles. The number of hydrogen-bond acceptors (Lipinski definition) is 6. The van der Waals surface area contributed by atoms with Crippen LogP contribution in [0, 0.1) is 10.1 Å². The molecule has 3 rings (SSSR count). The molecular formula is C21H22Cl2N4O5. The van der Waals surface area contributed by atoms with Gasteiger partial charge < -0.3 is 5.32 Å². The molecule has 1 aromatic carbocycles. The van der Waals surface area contributed by atoms with Crippen molar-refractivity contribution in [2.24, 2.45) is 14.1 Å². The van der Waals surface area contributed by atoms with Crippen LogP contribution >= 0.6 is 23.2 Å². The molecule has 1 aliphatic heterocycles. The average molecular weight is 481 g/mol. The molecule has 0 saturated carbocycles. The Bertz CT molecular complexity index is 1260. The van der Waals surface area contributed by atoms with Gasteiger partial charge in [-0.25, -0.2) is 4.79 Å². The molecule has 1 aliphatic rings. The second-order valence-electron chi connectivity index (χ2n) is 7.60. The molecule has 0 amide bonds. The number of aromatic nitrogens is 2. The van der Waals surface area contributed by atoms with E-state index in [2.05, 4.69) is 5.32 Å². The third-order valence-corrected chi connectivity index (χ3v) is 6.16. The van der Waals surface area contributed by atoms with E-state index in [-0.39, 0.29) is 34.3 Å². The first-order valence-corrected chi connectivity index (χ1v) is 10.8. The number of ketones is 1. The number of rotatable bonds is 7. The van der Waals surface area contributed by atoms with E-state index < -0.39 is 22.1 Å². The Kier molecular flexibility index (Phi) is 6.90. The second kappa shape index (κ2) is 9.30. The van der Waals surface area contributed by atoms with Crippen LogP contribution in [0.15, 0.2) is 39.1 Å². The minimum Gasteiger partial charge on any atom is -0.344 e. The van der Waals surface area contributed by atoms with Gasteiger partial charge in [0.15, 0.2) is 5.78 Å². The van der Waals surface area contributed by atoms with Crippen molar-refractivity contribution in [1.82, 2.24) is 9.13 Å². The highest BCUT2D eigenvalue weighted by Crippen LogP contribution is 2.42. The lowest BCUT2D eigenvalue weighted by molar-refractivity contribution is -0.384. The Balaban J connectivity index is 2.32. The van der Waals surface area contributed by atoms with Gasteiger partial charge in [-0.15, -0.1) is 11.6 Å². The number of unbranched alkanes of at least 4 members (excludes halogenated alkanes) is 1. The zero-order valence-electron chi connectivity index (χ0n) is 17.8. The number of alkyl halides is 1. The maximum absolute atomic E-state index is 13.2. The van der Waals surface area contributed by atoms with E-state index in [9.17, 15) is 24.5 Å². The number of nitro groups is 1. The molecule has 1 N–H and O–H groups in total. The Hall–Kier alpha value is -2.91. The molecule has 2 aromatic rings. The molecule has 1 atom stereocenters. The summed E-state index contributed by atoms with van der Waals surface area (Å²) in [5.74, 6) is -0.446. The van der Waals surface area contributed by atoms with Gasteiger partial charge in [-0.2, -0.15) is 0 Å². The van der Waals surface area contributed by atoms with Crippen LogP contribution in [0.5, 0.6) is 0 Å². The van der Waals surface area contributed by atoms with E-state index in [1.165, 1.54) is 30.8 Å². The normalized spacial score (nSPS) is 15.3. The van der Waals surface area contributed by atoms with E-state index in [1.807, 2.05) is 0 Å². The molecule has 0 fully saturated rings. The van der Waals surface area contributed by atoms with Gasteiger partial charge in [0.25, 0.3) is 11.2 Å². The number of nitrogens with one attached hydrogen (secondary N) is 1. The van der Waals surface area contributed by atoms with Gasteiger partial charge in [0.1, 0.15) is 10.8 Å². The van der Waals surface area contributed by atoms with E-state index in [4.69, 9.17) is 23.2 Å². The number of carbonyl (C=O) groups excluding carboxylic acids is 1. The van der Waals surface area contributed by atoms with Crippen LogP contribution < -0.4 is 16.6 Å². The molecule has 170 valence electrons. The van der Waals surface area contributed by atoms with Crippen LogP contribution in [-0.4, -0.2) is 25.7 Å². The fraction of sp³-hybridized carbons (Fsp3) is 0.381. The van der Waals surface area contributed by atoms with Crippen molar-refractivity contribution in [2.45, 2.75) is 32.1 Å². The predicted octanol–water partition coefficient (Wildman–Crippen LogP) is 3.46. The summed E-state index contributed by atoms with van der Waals surface area (Å²) in [5.41, 5.74) is -0.142. The van der Waals surface area contributed by atoms with Crippen molar-refractivity contribution in [3.63, 3.8) is 0 Å². The molecular weight excluding hydrogens is 459 g/mol. The van der Waals surface area contributed by atoms with Crippen molar-refractivity contribution in [2.75, 3.05) is 11.2 Å². The smallest absolute Gasteiger partial charge is 0.332 e. The summed E-state index contributed by atoms with van der Waals surface area (Å²) < 4.78 is 2.24. The highest BCUT2D eigenvalue weighted by atomic mass is 35.5. The first-order chi connectivity index (χ1) is 15.1. The molecule has 0 aliphatic carbocycles. The fourth-order valence-corrected chi connectivity index (χ4v) is 4.33. The minimum absolute atomic E-state index is 0.0584. The van der Waals surface area contributed by atoms with E-state index in [0.29, 0.717) is 35.6 Å². The van der Waals surface area contributed by atoms with E-state index >= 15 is 0 Å². The first-order valence-electron chi connectivity index (χ1n) is 9.90. The summed E-state index contributed by atoms with van der Waals surface area (Å²) in [4.78, 5) is 49.8. The van der Waals surface area contributed by atoms with Crippen molar-refractivity contribution in [3.8, 4) is 0 Å². The number of allylic oxidation sites excluding steroid dienone is 2. The number of carbonyl (C=O) groups is 1. The number of nitrogens with zero attached hydrogens (tertiary/aromatic N) is 3. The van der Waals surface area contributed by atoms with Crippen LogP contribution in [0.3, 0.4) is 0 Å². The van der Waals surface area contributed by atoms with Gasteiger partial charge in [-0.05, 0) is 31.4 Å². The third-order valence-electron chi connectivity index (χ3n) is 5.57. The number of fused-ring (bicyclic) bond motifs is 1. The highest BCUT2D eigenvalue weighted by Gasteiger charge is 2.37. The monoisotopic (exact) mass is 480 g/mol. The largest absolute Gasteiger partial charge is 0.344 e. The maximum Gasteiger partial charge on any atom is 0.332 e. The number of Topliss-reactive ketones (excluding diaryl/α,β-unsaturated/α-hetero) is 1. The first kappa shape index (κ1) is 23.7.